The number of carbonyl (C=O) groups excluding carboxylic acids is 1. The number of nitrogens with zero attached hydrogens (tertiary/aromatic N) is 2. The van der Waals surface area contributed by atoms with Crippen molar-refractivity contribution >= 4 is 5.91 Å². The lowest BCUT2D eigenvalue weighted by molar-refractivity contribution is 0.0295. The first-order valence-electron chi connectivity index (χ1n) is 7.84. The van der Waals surface area contributed by atoms with Crippen LogP contribution < -0.4 is 0 Å². The highest BCUT2D eigenvalue weighted by atomic mass is 19.1. The first kappa shape index (κ1) is 15.7. The third-order valence-electron chi connectivity index (χ3n) is 4.25. The number of morpholine rings is 1. The van der Waals surface area contributed by atoms with Gasteiger partial charge in [0.15, 0.2) is 0 Å². The van der Waals surface area contributed by atoms with E-state index in [-0.39, 0.29) is 11.7 Å². The molecule has 0 bridgehead atoms. The van der Waals surface area contributed by atoms with Crippen molar-refractivity contribution in [1.82, 2.24) is 9.47 Å². The molecule has 1 fully saturated rings. The molecule has 1 aromatic carbocycles. The van der Waals surface area contributed by atoms with Gasteiger partial charge in [0, 0.05) is 25.3 Å². The largest absolute Gasteiger partial charge is 0.378 e. The van der Waals surface area contributed by atoms with Crippen molar-refractivity contribution in [3.05, 3.63) is 58.7 Å². The molecule has 2 aromatic rings. The number of halogens is 1. The number of hydrogen-bond acceptors (Lipinski definition) is 2. The van der Waals surface area contributed by atoms with Crippen LogP contribution in [0, 0.1) is 19.7 Å². The van der Waals surface area contributed by atoms with Crippen LogP contribution in [0.3, 0.4) is 0 Å². The van der Waals surface area contributed by atoms with Gasteiger partial charge < -0.3 is 14.2 Å². The van der Waals surface area contributed by atoms with E-state index in [0.29, 0.717) is 38.5 Å². The molecule has 5 heteroatoms. The van der Waals surface area contributed by atoms with Gasteiger partial charge >= 0.3 is 0 Å². The number of rotatable bonds is 3. The van der Waals surface area contributed by atoms with Crippen LogP contribution in [0.15, 0.2) is 30.3 Å². The Morgan fingerprint density at radius 2 is 1.83 bits per heavy atom. The van der Waals surface area contributed by atoms with E-state index in [0.717, 1.165) is 16.8 Å². The fraction of sp³-hybridized carbons (Fsp3) is 0.389. The smallest absolute Gasteiger partial charge is 0.270 e. The van der Waals surface area contributed by atoms with Crippen LogP contribution in [0.25, 0.3) is 0 Å². The summed E-state index contributed by atoms with van der Waals surface area (Å²) in [5.41, 5.74) is 3.69. The van der Waals surface area contributed by atoms with Crippen LogP contribution in [-0.4, -0.2) is 41.7 Å². The minimum absolute atomic E-state index is 0.0426. The lowest BCUT2D eigenvalue weighted by atomic mass is 10.2. The van der Waals surface area contributed by atoms with E-state index in [1.165, 1.54) is 12.1 Å². The van der Waals surface area contributed by atoms with Crippen LogP contribution in [0.4, 0.5) is 4.39 Å². The molecular formula is C18H21FN2O2. The molecule has 0 aliphatic carbocycles. The summed E-state index contributed by atoms with van der Waals surface area (Å²) in [7, 11) is 0. The van der Waals surface area contributed by atoms with Crippen LogP contribution in [-0.2, 0) is 11.3 Å². The molecule has 0 N–H and O–H groups in total. The summed E-state index contributed by atoms with van der Waals surface area (Å²) in [5.74, 6) is -0.209. The van der Waals surface area contributed by atoms with E-state index < -0.39 is 0 Å². The van der Waals surface area contributed by atoms with Gasteiger partial charge in [-0.25, -0.2) is 4.39 Å². The number of carbonyl (C=O) groups is 1. The van der Waals surface area contributed by atoms with E-state index in [4.69, 9.17) is 4.74 Å². The SMILES string of the molecule is Cc1cc(C)n(Cc2ccc(F)cc2)c1C(=O)N1CCOCC1. The number of benzene rings is 1. The first-order valence-corrected chi connectivity index (χ1v) is 7.84. The van der Waals surface area contributed by atoms with Gasteiger partial charge in [0.05, 0.1) is 13.2 Å². The minimum Gasteiger partial charge on any atom is -0.378 e. The molecule has 1 amide bonds. The third-order valence-corrected chi connectivity index (χ3v) is 4.25. The number of hydrogen-bond donors (Lipinski definition) is 0. The minimum atomic E-state index is -0.251. The van der Waals surface area contributed by atoms with Crippen molar-refractivity contribution in [3.8, 4) is 0 Å². The molecule has 1 aromatic heterocycles. The molecule has 0 atom stereocenters. The molecule has 0 radical (unpaired) electrons. The van der Waals surface area contributed by atoms with Gasteiger partial charge in [-0.2, -0.15) is 0 Å². The molecule has 4 nitrogen and oxygen atoms in total. The van der Waals surface area contributed by atoms with Crippen molar-refractivity contribution in [2.75, 3.05) is 26.3 Å². The Kier molecular flexibility index (Phi) is 4.48. The summed E-state index contributed by atoms with van der Waals surface area (Å²) in [5, 5.41) is 0. The highest BCUT2D eigenvalue weighted by Gasteiger charge is 2.24. The molecule has 0 saturated carbocycles. The molecule has 3 rings (SSSR count). The van der Waals surface area contributed by atoms with Crippen molar-refractivity contribution in [3.63, 3.8) is 0 Å². The summed E-state index contributed by atoms with van der Waals surface area (Å²) in [6.07, 6.45) is 0. The quantitative estimate of drug-likeness (QED) is 0.872. The van der Waals surface area contributed by atoms with Crippen molar-refractivity contribution in [1.29, 1.82) is 0 Å². The molecular weight excluding hydrogens is 295 g/mol. The van der Waals surface area contributed by atoms with Crippen molar-refractivity contribution in [2.45, 2.75) is 20.4 Å². The molecule has 122 valence electrons. The van der Waals surface area contributed by atoms with Gasteiger partial charge in [-0.3, -0.25) is 4.79 Å². The topological polar surface area (TPSA) is 34.5 Å². The van der Waals surface area contributed by atoms with Gasteiger partial charge in [0.25, 0.3) is 5.91 Å². The van der Waals surface area contributed by atoms with Crippen molar-refractivity contribution < 1.29 is 13.9 Å². The van der Waals surface area contributed by atoms with Crippen LogP contribution in [0.1, 0.15) is 27.3 Å². The van der Waals surface area contributed by atoms with Crippen LogP contribution in [0.2, 0.25) is 0 Å². The summed E-state index contributed by atoms with van der Waals surface area (Å²) in [6, 6.07) is 8.44. The van der Waals surface area contributed by atoms with Gasteiger partial charge in [0.2, 0.25) is 0 Å². The standard InChI is InChI=1S/C18H21FN2O2/c1-13-11-14(2)21(12-15-3-5-16(19)6-4-15)17(13)18(22)20-7-9-23-10-8-20/h3-6,11H,7-10,12H2,1-2H3. The maximum Gasteiger partial charge on any atom is 0.270 e. The predicted molar refractivity (Wildman–Crippen MR) is 86.1 cm³/mol. The molecule has 0 unspecified atom stereocenters. The van der Waals surface area contributed by atoms with E-state index in [9.17, 15) is 9.18 Å². The summed E-state index contributed by atoms with van der Waals surface area (Å²) in [4.78, 5) is 14.7. The Hall–Kier alpha value is -2.14. The second-order valence-corrected chi connectivity index (χ2v) is 5.93. The maximum atomic E-state index is 13.1. The Balaban J connectivity index is 1.90. The van der Waals surface area contributed by atoms with Gasteiger partial charge in [-0.15, -0.1) is 0 Å². The number of ether oxygens (including phenoxy) is 1. The van der Waals surface area contributed by atoms with E-state index in [1.54, 1.807) is 12.1 Å². The van der Waals surface area contributed by atoms with Crippen molar-refractivity contribution in [2.24, 2.45) is 0 Å². The summed E-state index contributed by atoms with van der Waals surface area (Å²) < 4.78 is 20.4. The second kappa shape index (κ2) is 6.54. The molecule has 23 heavy (non-hydrogen) atoms. The number of aromatic nitrogens is 1. The molecule has 1 aliphatic rings. The molecule has 1 saturated heterocycles. The molecule has 2 heterocycles. The maximum absolute atomic E-state index is 13.1. The average Bonchev–Trinajstić information content (AvgIpc) is 2.83. The van der Waals surface area contributed by atoms with Gasteiger partial charge in [-0.1, -0.05) is 12.1 Å². The average molecular weight is 316 g/mol. The zero-order chi connectivity index (χ0) is 16.4. The van der Waals surface area contributed by atoms with Gasteiger partial charge in [0.1, 0.15) is 11.5 Å². The Morgan fingerprint density at radius 3 is 2.48 bits per heavy atom. The van der Waals surface area contributed by atoms with E-state index in [1.807, 2.05) is 29.4 Å². The van der Waals surface area contributed by atoms with E-state index >= 15 is 0 Å². The monoisotopic (exact) mass is 316 g/mol. The first-order chi connectivity index (χ1) is 11.1. The Morgan fingerprint density at radius 1 is 1.17 bits per heavy atom. The Bertz CT molecular complexity index is 701. The highest BCUT2D eigenvalue weighted by Crippen LogP contribution is 2.20. The van der Waals surface area contributed by atoms with E-state index in [2.05, 4.69) is 0 Å². The Labute approximate surface area is 135 Å². The lowest BCUT2D eigenvalue weighted by Gasteiger charge is -2.27. The third kappa shape index (κ3) is 3.29. The van der Waals surface area contributed by atoms with Gasteiger partial charge in [-0.05, 0) is 43.2 Å². The second-order valence-electron chi connectivity index (χ2n) is 5.93. The highest BCUT2D eigenvalue weighted by molar-refractivity contribution is 5.94. The number of amides is 1. The van der Waals surface area contributed by atoms with Crippen LogP contribution in [0.5, 0.6) is 0 Å². The fourth-order valence-corrected chi connectivity index (χ4v) is 3.03. The summed E-state index contributed by atoms with van der Waals surface area (Å²) in [6.45, 7) is 6.93. The zero-order valence-corrected chi connectivity index (χ0v) is 13.5. The molecule has 1 aliphatic heterocycles. The zero-order valence-electron chi connectivity index (χ0n) is 13.5. The summed E-state index contributed by atoms with van der Waals surface area (Å²) >= 11 is 0. The normalized spacial score (nSPS) is 15.0. The van der Waals surface area contributed by atoms with Crippen LogP contribution >= 0.6 is 0 Å². The lowest BCUT2D eigenvalue weighted by Crippen LogP contribution is -2.41. The predicted octanol–water partition coefficient (Wildman–Crippen LogP) is 2.76. The fourth-order valence-electron chi connectivity index (χ4n) is 3.03. The molecule has 0 spiro atoms. The number of aryl methyl sites for hydroxylation is 2.